The summed E-state index contributed by atoms with van der Waals surface area (Å²) in [6, 6.07) is 3.92. The van der Waals surface area contributed by atoms with Gasteiger partial charge in [0.25, 0.3) is 0 Å². The summed E-state index contributed by atoms with van der Waals surface area (Å²) in [7, 11) is 1.59. The first kappa shape index (κ1) is 16.6. The first-order valence-corrected chi connectivity index (χ1v) is 8.58. The molecular formula is C17H26BrNO2. The van der Waals surface area contributed by atoms with E-state index in [1.165, 1.54) is 24.8 Å². The Morgan fingerprint density at radius 3 is 2.76 bits per heavy atom. The van der Waals surface area contributed by atoms with Gasteiger partial charge in [0.1, 0.15) is 0 Å². The number of phenolic OH excluding ortho intramolecular Hbond substituents is 1. The van der Waals surface area contributed by atoms with Gasteiger partial charge in [0.05, 0.1) is 11.6 Å². The lowest BCUT2D eigenvalue weighted by Crippen LogP contribution is -2.24. The van der Waals surface area contributed by atoms with E-state index in [-0.39, 0.29) is 5.75 Å². The minimum Gasteiger partial charge on any atom is -0.503 e. The van der Waals surface area contributed by atoms with Crippen LogP contribution in [0.1, 0.15) is 38.7 Å². The number of hydrogen-bond donors (Lipinski definition) is 1. The Labute approximate surface area is 136 Å². The molecular weight excluding hydrogens is 330 g/mol. The fourth-order valence-electron chi connectivity index (χ4n) is 3.14. The number of nitrogens with zero attached hydrogens (tertiary/aromatic N) is 1. The second-order valence-corrected chi connectivity index (χ2v) is 7.19. The van der Waals surface area contributed by atoms with E-state index >= 15 is 0 Å². The zero-order valence-corrected chi connectivity index (χ0v) is 14.8. The van der Waals surface area contributed by atoms with Crippen molar-refractivity contribution in [3.8, 4) is 11.5 Å². The molecule has 1 atom stereocenters. The lowest BCUT2D eigenvalue weighted by molar-refractivity contribution is 0.264. The maximum atomic E-state index is 9.88. The number of aromatic hydroxyl groups is 1. The third-order valence-corrected chi connectivity index (χ3v) is 5.13. The van der Waals surface area contributed by atoms with Gasteiger partial charge < -0.3 is 9.84 Å². The minimum atomic E-state index is 0.178. The lowest BCUT2D eigenvalue weighted by Gasteiger charge is -2.22. The third kappa shape index (κ3) is 4.36. The molecule has 2 rings (SSSR count). The molecule has 1 aromatic rings. The second-order valence-electron chi connectivity index (χ2n) is 6.34. The summed E-state index contributed by atoms with van der Waals surface area (Å²) < 4.78 is 5.93. The largest absolute Gasteiger partial charge is 0.503 e. The van der Waals surface area contributed by atoms with Crippen molar-refractivity contribution in [3.05, 3.63) is 22.2 Å². The maximum Gasteiger partial charge on any atom is 0.172 e. The van der Waals surface area contributed by atoms with Gasteiger partial charge in [0, 0.05) is 6.54 Å². The molecule has 4 heteroatoms. The molecule has 0 spiro atoms. The Morgan fingerprint density at radius 1 is 1.33 bits per heavy atom. The van der Waals surface area contributed by atoms with Crippen molar-refractivity contribution in [2.75, 3.05) is 20.2 Å². The van der Waals surface area contributed by atoms with Crippen LogP contribution >= 0.6 is 15.9 Å². The molecule has 0 bridgehead atoms. The first-order chi connectivity index (χ1) is 10.0. The van der Waals surface area contributed by atoms with E-state index in [1.807, 2.05) is 12.1 Å². The van der Waals surface area contributed by atoms with Crippen LogP contribution in [0, 0.1) is 11.8 Å². The minimum absolute atomic E-state index is 0.178. The van der Waals surface area contributed by atoms with E-state index in [1.54, 1.807) is 7.11 Å². The van der Waals surface area contributed by atoms with Crippen molar-refractivity contribution in [2.24, 2.45) is 11.8 Å². The van der Waals surface area contributed by atoms with E-state index in [9.17, 15) is 5.11 Å². The van der Waals surface area contributed by atoms with Gasteiger partial charge >= 0.3 is 0 Å². The molecule has 1 aromatic carbocycles. The van der Waals surface area contributed by atoms with Crippen LogP contribution in [0.5, 0.6) is 11.5 Å². The van der Waals surface area contributed by atoms with Gasteiger partial charge in [-0.15, -0.1) is 0 Å². The second kappa shape index (κ2) is 7.50. The molecule has 3 nitrogen and oxygen atoms in total. The molecule has 0 radical (unpaired) electrons. The molecule has 0 aliphatic carbocycles. The molecule has 0 aromatic heterocycles. The molecule has 1 fully saturated rings. The highest BCUT2D eigenvalue weighted by Crippen LogP contribution is 2.35. The van der Waals surface area contributed by atoms with Gasteiger partial charge in [0.2, 0.25) is 0 Å². The number of hydrogen-bond acceptors (Lipinski definition) is 3. The predicted octanol–water partition coefficient (Wildman–Crippen LogP) is 4.42. The number of methoxy groups -OCH3 is 1. The molecule has 1 heterocycles. The molecule has 1 N–H and O–H groups in total. The van der Waals surface area contributed by atoms with Crippen LogP contribution in [0.3, 0.4) is 0 Å². The summed E-state index contributed by atoms with van der Waals surface area (Å²) in [5.74, 6) is 2.36. The summed E-state index contributed by atoms with van der Waals surface area (Å²) in [4.78, 5) is 2.51. The van der Waals surface area contributed by atoms with Crippen molar-refractivity contribution in [2.45, 2.75) is 39.7 Å². The normalized spacial score (nSPS) is 20.5. The highest BCUT2D eigenvalue weighted by molar-refractivity contribution is 9.10. The highest BCUT2D eigenvalue weighted by atomic mass is 79.9. The molecule has 118 valence electrons. The Bertz CT molecular complexity index is 476. The summed E-state index contributed by atoms with van der Waals surface area (Å²) >= 11 is 3.40. The molecule has 1 saturated heterocycles. The number of likely N-dealkylation sites (tertiary alicyclic amines) is 1. The van der Waals surface area contributed by atoms with Crippen LogP contribution in [0.15, 0.2) is 16.6 Å². The fourth-order valence-corrected chi connectivity index (χ4v) is 3.63. The quantitative estimate of drug-likeness (QED) is 0.867. The lowest BCUT2D eigenvalue weighted by atomic mass is 9.89. The molecule has 21 heavy (non-hydrogen) atoms. The van der Waals surface area contributed by atoms with Gasteiger partial charge in [-0.1, -0.05) is 13.8 Å². The summed E-state index contributed by atoms with van der Waals surface area (Å²) in [5.41, 5.74) is 1.18. The van der Waals surface area contributed by atoms with E-state index < -0.39 is 0 Å². The van der Waals surface area contributed by atoms with Crippen molar-refractivity contribution in [1.29, 1.82) is 0 Å². The highest BCUT2D eigenvalue weighted by Gasteiger charge is 2.20. The SMILES string of the molecule is COc1cc(CN2CCCC(C(C)C)CC2)cc(Br)c1O. The Kier molecular flexibility index (Phi) is 5.94. The van der Waals surface area contributed by atoms with E-state index in [4.69, 9.17) is 4.74 Å². The molecule has 0 saturated carbocycles. The van der Waals surface area contributed by atoms with Crippen LogP contribution in [-0.2, 0) is 6.54 Å². The zero-order chi connectivity index (χ0) is 15.4. The fraction of sp³-hybridized carbons (Fsp3) is 0.647. The van der Waals surface area contributed by atoms with Gasteiger partial charge in [-0.3, -0.25) is 4.90 Å². The van der Waals surface area contributed by atoms with Gasteiger partial charge in [0.15, 0.2) is 11.5 Å². The summed E-state index contributed by atoms with van der Waals surface area (Å²) in [6.07, 6.45) is 3.91. The standard InChI is InChI=1S/C17H26BrNO2/c1-12(2)14-5-4-7-19(8-6-14)11-13-9-15(18)17(20)16(10-13)21-3/h9-10,12,14,20H,4-8,11H2,1-3H3. The average Bonchev–Trinajstić information content (AvgIpc) is 2.68. The number of rotatable bonds is 4. The van der Waals surface area contributed by atoms with Crippen LogP contribution in [0.25, 0.3) is 0 Å². The van der Waals surface area contributed by atoms with Gasteiger partial charge in [-0.05, 0) is 77.8 Å². The van der Waals surface area contributed by atoms with Crippen LogP contribution < -0.4 is 4.74 Å². The van der Waals surface area contributed by atoms with E-state index in [0.29, 0.717) is 10.2 Å². The van der Waals surface area contributed by atoms with Gasteiger partial charge in [-0.25, -0.2) is 0 Å². The first-order valence-electron chi connectivity index (χ1n) is 7.79. The zero-order valence-electron chi connectivity index (χ0n) is 13.2. The Hall–Kier alpha value is -0.740. The molecule has 1 aliphatic rings. The smallest absolute Gasteiger partial charge is 0.172 e. The number of benzene rings is 1. The van der Waals surface area contributed by atoms with E-state index in [2.05, 4.69) is 34.7 Å². The third-order valence-electron chi connectivity index (χ3n) is 4.52. The van der Waals surface area contributed by atoms with Crippen LogP contribution in [-0.4, -0.2) is 30.2 Å². The van der Waals surface area contributed by atoms with Crippen molar-refractivity contribution in [1.82, 2.24) is 4.90 Å². The Morgan fingerprint density at radius 2 is 2.10 bits per heavy atom. The maximum absolute atomic E-state index is 9.88. The van der Waals surface area contributed by atoms with Crippen LogP contribution in [0.2, 0.25) is 0 Å². The Balaban J connectivity index is 2.03. The molecule has 0 amide bonds. The number of halogens is 1. The summed E-state index contributed by atoms with van der Waals surface area (Å²) in [5, 5.41) is 9.88. The summed E-state index contributed by atoms with van der Waals surface area (Å²) in [6.45, 7) is 7.90. The van der Waals surface area contributed by atoms with Gasteiger partial charge in [-0.2, -0.15) is 0 Å². The molecule has 1 unspecified atom stereocenters. The topological polar surface area (TPSA) is 32.7 Å². The number of ether oxygens (including phenoxy) is 1. The van der Waals surface area contributed by atoms with Crippen molar-refractivity contribution < 1.29 is 9.84 Å². The van der Waals surface area contributed by atoms with Crippen molar-refractivity contribution in [3.63, 3.8) is 0 Å². The van der Waals surface area contributed by atoms with Crippen LogP contribution in [0.4, 0.5) is 0 Å². The monoisotopic (exact) mass is 355 g/mol. The predicted molar refractivity (Wildman–Crippen MR) is 89.8 cm³/mol. The number of phenols is 1. The van der Waals surface area contributed by atoms with E-state index in [0.717, 1.165) is 31.5 Å². The average molecular weight is 356 g/mol. The molecule has 1 aliphatic heterocycles. The van der Waals surface area contributed by atoms with Crippen molar-refractivity contribution >= 4 is 15.9 Å².